The van der Waals surface area contributed by atoms with Crippen molar-refractivity contribution in [2.24, 2.45) is 11.8 Å². The molecular weight excluding hydrogens is 199 g/mol. The van der Waals surface area contributed by atoms with Crippen molar-refractivity contribution in [1.82, 2.24) is 0 Å². The first kappa shape index (κ1) is 11.4. The third-order valence-electron chi connectivity index (χ3n) is 3.86. The zero-order valence-electron chi connectivity index (χ0n) is 10.4. The molecule has 2 aliphatic rings. The highest BCUT2D eigenvalue weighted by atomic mass is 31.1. The maximum absolute atomic E-state index is 2.43. The standard InChI is InChI=1S/C14H23P/c1-10(2)13-9-14(11(3)4)15(13)12-7-5-6-8-12/h5-8,10-14H,9H2,1-4H3/t13-,14-/m0/s1. The predicted molar refractivity (Wildman–Crippen MR) is 70.9 cm³/mol. The van der Waals surface area contributed by atoms with Crippen LogP contribution in [0.4, 0.5) is 0 Å². The lowest BCUT2D eigenvalue weighted by molar-refractivity contribution is 0.442. The quantitative estimate of drug-likeness (QED) is 0.620. The molecule has 1 saturated heterocycles. The Kier molecular flexibility index (Phi) is 3.36. The molecule has 15 heavy (non-hydrogen) atoms. The zero-order chi connectivity index (χ0) is 11.0. The maximum atomic E-state index is 2.43. The highest BCUT2D eigenvalue weighted by Gasteiger charge is 2.45. The molecule has 0 nitrogen and oxygen atoms in total. The van der Waals surface area contributed by atoms with Gasteiger partial charge in [-0.1, -0.05) is 59.9 Å². The fraction of sp³-hybridized carbons (Fsp3) is 0.714. The van der Waals surface area contributed by atoms with Crippen LogP contribution < -0.4 is 0 Å². The van der Waals surface area contributed by atoms with E-state index in [-0.39, 0.29) is 7.92 Å². The first-order valence-corrected chi connectivity index (χ1v) is 7.78. The molecule has 0 aromatic heterocycles. The summed E-state index contributed by atoms with van der Waals surface area (Å²) in [6.45, 7) is 9.61. The molecule has 2 atom stereocenters. The van der Waals surface area contributed by atoms with E-state index < -0.39 is 0 Å². The second-order valence-electron chi connectivity index (χ2n) is 5.57. The minimum Gasteiger partial charge on any atom is -0.0887 e. The van der Waals surface area contributed by atoms with Crippen LogP contribution in [0, 0.1) is 11.8 Å². The van der Waals surface area contributed by atoms with Gasteiger partial charge in [0, 0.05) is 5.66 Å². The third kappa shape index (κ3) is 2.07. The van der Waals surface area contributed by atoms with Gasteiger partial charge in [-0.15, -0.1) is 0 Å². The van der Waals surface area contributed by atoms with E-state index in [1.54, 1.807) is 0 Å². The summed E-state index contributed by atoms with van der Waals surface area (Å²) in [6.07, 6.45) is 10.8. The lowest BCUT2D eigenvalue weighted by Crippen LogP contribution is -2.40. The molecule has 84 valence electrons. The SMILES string of the molecule is CC(C)[C@@H]1C[C@@H](C(C)C)P1C1C=CC=C1. The summed E-state index contributed by atoms with van der Waals surface area (Å²) < 4.78 is 0. The molecule has 1 heteroatoms. The van der Waals surface area contributed by atoms with E-state index in [1.165, 1.54) is 6.42 Å². The number of rotatable bonds is 3. The average Bonchev–Trinajstić information content (AvgIpc) is 2.53. The second-order valence-corrected chi connectivity index (χ2v) is 8.38. The van der Waals surface area contributed by atoms with Gasteiger partial charge in [0.25, 0.3) is 0 Å². The summed E-state index contributed by atoms with van der Waals surface area (Å²) in [6, 6.07) is 0. The highest BCUT2D eigenvalue weighted by molar-refractivity contribution is 7.62. The van der Waals surface area contributed by atoms with E-state index in [9.17, 15) is 0 Å². The molecule has 0 aromatic rings. The Morgan fingerprint density at radius 3 is 1.80 bits per heavy atom. The molecule has 2 rings (SSSR count). The number of allylic oxidation sites excluding steroid dienone is 4. The molecule has 0 saturated carbocycles. The molecule has 0 radical (unpaired) electrons. The molecule has 1 heterocycles. The van der Waals surface area contributed by atoms with Crippen LogP contribution >= 0.6 is 7.92 Å². The van der Waals surface area contributed by atoms with Crippen molar-refractivity contribution in [2.75, 3.05) is 0 Å². The minimum atomic E-state index is 0.222. The Bertz CT molecular complexity index is 249. The van der Waals surface area contributed by atoms with Gasteiger partial charge in [0.1, 0.15) is 0 Å². The Morgan fingerprint density at radius 1 is 0.933 bits per heavy atom. The molecule has 0 spiro atoms. The highest BCUT2D eigenvalue weighted by Crippen LogP contribution is 2.67. The van der Waals surface area contributed by atoms with E-state index in [0.29, 0.717) is 0 Å². The Labute approximate surface area is 95.6 Å². The van der Waals surface area contributed by atoms with Crippen molar-refractivity contribution in [1.29, 1.82) is 0 Å². The third-order valence-corrected chi connectivity index (χ3v) is 8.04. The van der Waals surface area contributed by atoms with Crippen LogP contribution in [0.2, 0.25) is 0 Å². The zero-order valence-corrected chi connectivity index (χ0v) is 11.2. The van der Waals surface area contributed by atoms with Crippen molar-refractivity contribution in [3.63, 3.8) is 0 Å². The maximum Gasteiger partial charge on any atom is 0.0161 e. The first-order valence-electron chi connectivity index (χ1n) is 6.23. The second kappa shape index (κ2) is 4.42. The topological polar surface area (TPSA) is 0 Å². The summed E-state index contributed by atoms with van der Waals surface area (Å²) >= 11 is 0. The molecule has 1 aliphatic heterocycles. The van der Waals surface area contributed by atoms with Gasteiger partial charge in [-0.2, -0.15) is 0 Å². The Hall–Kier alpha value is -0.0900. The van der Waals surface area contributed by atoms with Crippen LogP contribution in [-0.4, -0.2) is 17.0 Å². The number of hydrogen-bond acceptors (Lipinski definition) is 0. The molecule has 0 unspecified atom stereocenters. The van der Waals surface area contributed by atoms with E-state index >= 15 is 0 Å². The van der Waals surface area contributed by atoms with Gasteiger partial charge in [0.2, 0.25) is 0 Å². The predicted octanol–water partition coefficient (Wildman–Crippen LogP) is 4.42. The van der Waals surface area contributed by atoms with Crippen molar-refractivity contribution in [3.8, 4) is 0 Å². The lowest BCUT2D eigenvalue weighted by atomic mass is 9.98. The van der Waals surface area contributed by atoms with Gasteiger partial charge in [-0.25, -0.2) is 0 Å². The van der Waals surface area contributed by atoms with E-state index in [0.717, 1.165) is 28.8 Å². The monoisotopic (exact) mass is 222 g/mol. The van der Waals surface area contributed by atoms with Gasteiger partial charge in [0.05, 0.1) is 0 Å². The van der Waals surface area contributed by atoms with Crippen LogP contribution in [0.5, 0.6) is 0 Å². The smallest absolute Gasteiger partial charge is 0.0161 e. The van der Waals surface area contributed by atoms with Gasteiger partial charge in [0.15, 0.2) is 0 Å². The Balaban J connectivity index is 2.08. The summed E-state index contributed by atoms with van der Waals surface area (Å²) in [5, 5.41) is 0. The van der Waals surface area contributed by atoms with Gasteiger partial charge in [-0.3, -0.25) is 0 Å². The normalized spacial score (nSPS) is 31.9. The fourth-order valence-corrected chi connectivity index (χ4v) is 6.79. The molecule has 0 aromatic carbocycles. The molecular formula is C14H23P. The van der Waals surface area contributed by atoms with E-state index in [2.05, 4.69) is 52.0 Å². The van der Waals surface area contributed by atoms with Crippen molar-refractivity contribution < 1.29 is 0 Å². The first-order chi connectivity index (χ1) is 7.11. The van der Waals surface area contributed by atoms with E-state index in [1.807, 2.05) is 0 Å². The van der Waals surface area contributed by atoms with Crippen LogP contribution in [-0.2, 0) is 0 Å². The van der Waals surface area contributed by atoms with E-state index in [4.69, 9.17) is 0 Å². The van der Waals surface area contributed by atoms with Crippen LogP contribution in [0.3, 0.4) is 0 Å². The van der Waals surface area contributed by atoms with Gasteiger partial charge >= 0.3 is 0 Å². The molecule has 0 N–H and O–H groups in total. The summed E-state index contributed by atoms with van der Waals surface area (Å²) in [4.78, 5) is 0. The Morgan fingerprint density at radius 2 is 1.40 bits per heavy atom. The van der Waals surface area contributed by atoms with Gasteiger partial charge < -0.3 is 0 Å². The van der Waals surface area contributed by atoms with Crippen LogP contribution in [0.25, 0.3) is 0 Å². The molecule has 0 amide bonds. The fourth-order valence-electron chi connectivity index (χ4n) is 2.89. The number of hydrogen-bond donors (Lipinski definition) is 0. The van der Waals surface area contributed by atoms with Crippen molar-refractivity contribution in [3.05, 3.63) is 24.3 Å². The summed E-state index contributed by atoms with van der Waals surface area (Å²) in [5.74, 6) is 1.77. The molecule has 1 aliphatic carbocycles. The largest absolute Gasteiger partial charge is 0.0887 e. The molecule has 0 bridgehead atoms. The summed E-state index contributed by atoms with van der Waals surface area (Å²) in [5.41, 5.74) is 2.84. The van der Waals surface area contributed by atoms with Crippen molar-refractivity contribution in [2.45, 2.75) is 51.1 Å². The lowest BCUT2D eigenvalue weighted by Gasteiger charge is -2.52. The van der Waals surface area contributed by atoms with Gasteiger partial charge in [-0.05, 0) is 29.6 Å². The average molecular weight is 222 g/mol. The van der Waals surface area contributed by atoms with Crippen LogP contribution in [0.1, 0.15) is 34.1 Å². The van der Waals surface area contributed by atoms with Crippen molar-refractivity contribution >= 4 is 7.92 Å². The minimum absolute atomic E-state index is 0.222. The molecule has 1 fully saturated rings. The summed E-state index contributed by atoms with van der Waals surface area (Å²) in [7, 11) is 0.222. The van der Waals surface area contributed by atoms with Crippen LogP contribution in [0.15, 0.2) is 24.3 Å².